The number of sulfone groups is 1. The summed E-state index contributed by atoms with van der Waals surface area (Å²) in [5.74, 6) is 0.669. The van der Waals surface area contributed by atoms with E-state index in [1.54, 1.807) is 26.0 Å². The zero-order valence-corrected chi connectivity index (χ0v) is 11.3. The molecule has 0 aliphatic rings. The maximum absolute atomic E-state index is 11.6. The van der Waals surface area contributed by atoms with Gasteiger partial charge in [-0.2, -0.15) is 0 Å². The minimum atomic E-state index is -3.05. The predicted molar refractivity (Wildman–Crippen MR) is 70.0 cm³/mol. The molecule has 17 heavy (non-hydrogen) atoms. The van der Waals surface area contributed by atoms with E-state index in [-0.39, 0.29) is 17.6 Å². The molecule has 0 aromatic heterocycles. The lowest BCUT2D eigenvalue weighted by Gasteiger charge is -2.11. The van der Waals surface area contributed by atoms with Crippen LogP contribution in [0.1, 0.15) is 19.4 Å². The van der Waals surface area contributed by atoms with E-state index >= 15 is 0 Å². The zero-order valence-electron chi connectivity index (χ0n) is 10.4. The van der Waals surface area contributed by atoms with Crippen molar-refractivity contribution in [3.05, 3.63) is 23.8 Å². The largest absolute Gasteiger partial charge is 0.492 e. The molecule has 1 aromatic rings. The number of hydrogen-bond donors (Lipinski definition) is 1. The molecule has 0 aliphatic heterocycles. The number of aryl methyl sites for hydroxylation is 1. The van der Waals surface area contributed by atoms with E-state index in [0.29, 0.717) is 11.4 Å². The quantitative estimate of drug-likeness (QED) is 0.816. The minimum Gasteiger partial charge on any atom is -0.492 e. The fourth-order valence-electron chi connectivity index (χ4n) is 1.28. The molecule has 0 heterocycles. The number of rotatable bonds is 5. The van der Waals surface area contributed by atoms with Crippen LogP contribution in [0.15, 0.2) is 18.2 Å². The smallest absolute Gasteiger partial charge is 0.155 e. The molecule has 4 nitrogen and oxygen atoms in total. The van der Waals surface area contributed by atoms with Crippen LogP contribution < -0.4 is 10.5 Å². The van der Waals surface area contributed by atoms with Gasteiger partial charge in [-0.25, -0.2) is 8.42 Å². The number of nitrogen functional groups attached to an aromatic ring is 1. The van der Waals surface area contributed by atoms with Crippen molar-refractivity contribution in [3.8, 4) is 5.75 Å². The molecule has 0 saturated carbocycles. The van der Waals surface area contributed by atoms with Gasteiger partial charge >= 0.3 is 0 Å². The van der Waals surface area contributed by atoms with Crippen molar-refractivity contribution in [1.82, 2.24) is 0 Å². The van der Waals surface area contributed by atoms with E-state index in [4.69, 9.17) is 10.5 Å². The van der Waals surface area contributed by atoms with Gasteiger partial charge in [-0.05, 0) is 32.4 Å². The first-order chi connectivity index (χ1) is 7.83. The van der Waals surface area contributed by atoms with Gasteiger partial charge in [0.2, 0.25) is 0 Å². The maximum atomic E-state index is 11.6. The van der Waals surface area contributed by atoms with E-state index in [0.717, 1.165) is 5.56 Å². The van der Waals surface area contributed by atoms with Crippen molar-refractivity contribution in [3.63, 3.8) is 0 Å². The van der Waals surface area contributed by atoms with Crippen LogP contribution in [0.3, 0.4) is 0 Å². The Morgan fingerprint density at radius 2 is 2.00 bits per heavy atom. The van der Waals surface area contributed by atoms with Gasteiger partial charge < -0.3 is 10.5 Å². The number of nitrogens with two attached hydrogens (primary N) is 1. The molecule has 5 heteroatoms. The van der Waals surface area contributed by atoms with Gasteiger partial charge in [-0.15, -0.1) is 0 Å². The van der Waals surface area contributed by atoms with Gasteiger partial charge in [0, 0.05) is 11.8 Å². The van der Waals surface area contributed by atoms with E-state index in [9.17, 15) is 8.42 Å². The van der Waals surface area contributed by atoms with Crippen LogP contribution >= 0.6 is 0 Å². The summed E-state index contributed by atoms with van der Waals surface area (Å²) in [6.07, 6.45) is 0. The lowest BCUT2D eigenvalue weighted by molar-refractivity contribution is 0.338. The molecule has 0 amide bonds. The molecule has 0 bridgehead atoms. The van der Waals surface area contributed by atoms with Crippen LogP contribution in [0.4, 0.5) is 5.69 Å². The second kappa shape index (κ2) is 5.40. The molecule has 0 radical (unpaired) electrons. The monoisotopic (exact) mass is 257 g/mol. The molecule has 1 aromatic carbocycles. The third kappa shape index (κ3) is 3.93. The molecular weight excluding hydrogens is 238 g/mol. The van der Waals surface area contributed by atoms with E-state index in [2.05, 4.69) is 0 Å². The van der Waals surface area contributed by atoms with Gasteiger partial charge in [0.15, 0.2) is 9.84 Å². The number of benzene rings is 1. The topological polar surface area (TPSA) is 69.4 Å². The number of hydrogen-bond acceptors (Lipinski definition) is 4. The van der Waals surface area contributed by atoms with Gasteiger partial charge in [-0.1, -0.05) is 6.07 Å². The first-order valence-electron chi connectivity index (χ1n) is 5.53. The average molecular weight is 257 g/mol. The van der Waals surface area contributed by atoms with Crippen LogP contribution in [-0.2, 0) is 9.84 Å². The summed E-state index contributed by atoms with van der Waals surface area (Å²) in [5.41, 5.74) is 7.19. The Morgan fingerprint density at radius 1 is 1.35 bits per heavy atom. The Labute approximate surface area is 103 Å². The van der Waals surface area contributed by atoms with Crippen molar-refractivity contribution in [1.29, 1.82) is 0 Å². The molecule has 96 valence electrons. The molecule has 0 spiro atoms. The van der Waals surface area contributed by atoms with Crippen LogP contribution in [0.5, 0.6) is 5.75 Å². The third-order valence-corrected chi connectivity index (χ3v) is 4.73. The van der Waals surface area contributed by atoms with Crippen molar-refractivity contribution in [2.24, 2.45) is 0 Å². The summed E-state index contributed by atoms with van der Waals surface area (Å²) in [4.78, 5) is 0. The van der Waals surface area contributed by atoms with Crippen LogP contribution in [-0.4, -0.2) is 26.0 Å². The highest BCUT2D eigenvalue weighted by molar-refractivity contribution is 7.91. The molecule has 0 saturated heterocycles. The molecule has 0 aliphatic carbocycles. The second-order valence-electron chi connectivity index (χ2n) is 4.29. The highest BCUT2D eigenvalue weighted by atomic mass is 32.2. The first-order valence-corrected chi connectivity index (χ1v) is 7.25. The van der Waals surface area contributed by atoms with Crippen LogP contribution in [0.2, 0.25) is 0 Å². The van der Waals surface area contributed by atoms with Gasteiger partial charge in [0.25, 0.3) is 0 Å². The van der Waals surface area contributed by atoms with Crippen LogP contribution in [0.25, 0.3) is 0 Å². The maximum Gasteiger partial charge on any atom is 0.155 e. The summed E-state index contributed by atoms with van der Waals surface area (Å²) < 4.78 is 28.6. The van der Waals surface area contributed by atoms with E-state index in [1.165, 1.54) is 0 Å². The predicted octanol–water partition coefficient (Wildman–Crippen LogP) is 1.78. The highest BCUT2D eigenvalue weighted by Gasteiger charge is 2.16. The first kappa shape index (κ1) is 13.8. The fourth-order valence-corrected chi connectivity index (χ4v) is 2.06. The minimum absolute atomic E-state index is 0.0267. The lowest BCUT2D eigenvalue weighted by atomic mass is 10.2. The fraction of sp³-hybridized carbons (Fsp3) is 0.500. The third-order valence-electron chi connectivity index (χ3n) is 2.56. The summed E-state index contributed by atoms with van der Waals surface area (Å²) in [6.45, 7) is 5.39. The Morgan fingerprint density at radius 3 is 2.59 bits per heavy atom. The summed E-state index contributed by atoms with van der Waals surface area (Å²) in [7, 11) is -3.05. The highest BCUT2D eigenvalue weighted by Crippen LogP contribution is 2.20. The summed E-state index contributed by atoms with van der Waals surface area (Å²) >= 11 is 0. The standard InChI is InChI=1S/C12H19NO3S/c1-9(2)17(14,15)7-6-16-12-8-11(13)5-4-10(12)3/h4-5,8-9H,6-7,13H2,1-3H3. The van der Waals surface area contributed by atoms with Gasteiger partial charge in [0.1, 0.15) is 12.4 Å². The Hall–Kier alpha value is -1.23. The Bertz CT molecular complexity index is 481. The average Bonchev–Trinajstić information content (AvgIpc) is 2.22. The van der Waals surface area contributed by atoms with Crippen molar-refractivity contribution in [2.45, 2.75) is 26.0 Å². The Balaban J connectivity index is 2.60. The lowest BCUT2D eigenvalue weighted by Crippen LogP contribution is -2.22. The normalized spacial score (nSPS) is 11.8. The zero-order chi connectivity index (χ0) is 13.1. The molecule has 0 fully saturated rings. The summed E-state index contributed by atoms with van der Waals surface area (Å²) in [6, 6.07) is 5.34. The molecule has 0 atom stereocenters. The van der Waals surface area contributed by atoms with Crippen LogP contribution in [0, 0.1) is 6.92 Å². The van der Waals surface area contributed by atoms with Gasteiger partial charge in [-0.3, -0.25) is 0 Å². The van der Waals surface area contributed by atoms with Crippen molar-refractivity contribution in [2.75, 3.05) is 18.1 Å². The number of ether oxygens (including phenoxy) is 1. The molecule has 0 unspecified atom stereocenters. The van der Waals surface area contributed by atoms with Crippen molar-refractivity contribution >= 4 is 15.5 Å². The molecular formula is C12H19NO3S. The second-order valence-corrected chi connectivity index (χ2v) is 6.97. The number of anilines is 1. The SMILES string of the molecule is Cc1ccc(N)cc1OCCS(=O)(=O)C(C)C. The van der Waals surface area contributed by atoms with Gasteiger partial charge in [0.05, 0.1) is 11.0 Å². The Kier molecular flexibility index (Phi) is 4.40. The summed E-state index contributed by atoms with van der Waals surface area (Å²) in [5, 5.41) is -0.368. The van der Waals surface area contributed by atoms with E-state index in [1.807, 2.05) is 13.0 Å². The molecule has 2 N–H and O–H groups in total. The molecule has 1 rings (SSSR count). The van der Waals surface area contributed by atoms with Crippen molar-refractivity contribution < 1.29 is 13.2 Å². The van der Waals surface area contributed by atoms with E-state index < -0.39 is 9.84 Å².